The van der Waals surface area contributed by atoms with Crippen molar-refractivity contribution >= 4 is 0 Å². The van der Waals surface area contributed by atoms with Crippen LogP contribution >= 0.6 is 0 Å². The van der Waals surface area contributed by atoms with Gasteiger partial charge in [0.05, 0.1) is 0 Å². The van der Waals surface area contributed by atoms with Gasteiger partial charge in [-0.25, -0.2) is 0 Å². The summed E-state index contributed by atoms with van der Waals surface area (Å²) in [4.78, 5) is 0. The van der Waals surface area contributed by atoms with E-state index in [1.807, 2.05) is 6.07 Å². The summed E-state index contributed by atoms with van der Waals surface area (Å²) in [5.41, 5.74) is 2.46. The van der Waals surface area contributed by atoms with Gasteiger partial charge < -0.3 is 10.1 Å². The van der Waals surface area contributed by atoms with Gasteiger partial charge in [-0.15, -0.1) is 0 Å². The van der Waals surface area contributed by atoms with Crippen LogP contribution in [0.15, 0.2) is 54.6 Å². The summed E-state index contributed by atoms with van der Waals surface area (Å²) in [6, 6.07) is 19.2. The van der Waals surface area contributed by atoms with Crippen LogP contribution in [-0.2, 0) is 0 Å². The molecule has 2 nitrogen and oxygen atoms in total. The molecule has 1 N–H and O–H groups in total. The molecule has 2 aromatic rings. The van der Waals surface area contributed by atoms with E-state index >= 15 is 0 Å². The number of hydrogen-bond acceptors (Lipinski definition) is 2. The van der Waals surface area contributed by atoms with Crippen molar-refractivity contribution in [1.82, 2.24) is 5.32 Å². The zero-order valence-electron chi connectivity index (χ0n) is 13.0. The summed E-state index contributed by atoms with van der Waals surface area (Å²) < 4.78 is 5.90. The Labute approximate surface area is 128 Å². The standard InChI is InChI=1S/C19H25NO/c1-3-8-18(20-4-2)15-21-19-13-11-17(12-14-19)16-9-6-5-7-10-16/h5-7,9-14,18,20H,3-4,8,15H2,1-2H3. The largest absolute Gasteiger partial charge is 0.492 e. The smallest absolute Gasteiger partial charge is 0.119 e. The van der Waals surface area contributed by atoms with E-state index in [1.54, 1.807) is 0 Å². The first-order valence-corrected chi connectivity index (χ1v) is 7.85. The van der Waals surface area contributed by atoms with Crippen LogP contribution < -0.4 is 10.1 Å². The molecular formula is C19H25NO. The Kier molecular flexibility index (Phi) is 6.29. The Balaban J connectivity index is 1.93. The normalized spacial score (nSPS) is 12.1. The van der Waals surface area contributed by atoms with Gasteiger partial charge in [0.15, 0.2) is 0 Å². The van der Waals surface area contributed by atoms with Crippen LogP contribution in [0.1, 0.15) is 26.7 Å². The molecule has 0 saturated heterocycles. The van der Waals surface area contributed by atoms with E-state index in [9.17, 15) is 0 Å². The molecule has 21 heavy (non-hydrogen) atoms. The number of benzene rings is 2. The van der Waals surface area contributed by atoms with E-state index in [2.05, 4.69) is 67.7 Å². The molecule has 0 aliphatic carbocycles. The van der Waals surface area contributed by atoms with Crippen LogP contribution in [-0.4, -0.2) is 19.2 Å². The highest BCUT2D eigenvalue weighted by atomic mass is 16.5. The zero-order chi connectivity index (χ0) is 14.9. The van der Waals surface area contributed by atoms with E-state index in [1.165, 1.54) is 17.5 Å². The van der Waals surface area contributed by atoms with Crippen LogP contribution in [0.3, 0.4) is 0 Å². The molecule has 0 radical (unpaired) electrons. The van der Waals surface area contributed by atoms with Crippen molar-refractivity contribution < 1.29 is 4.74 Å². The molecule has 0 saturated carbocycles. The first-order chi connectivity index (χ1) is 10.3. The van der Waals surface area contributed by atoms with Crippen LogP contribution in [0, 0.1) is 0 Å². The third kappa shape index (κ3) is 4.91. The summed E-state index contributed by atoms with van der Waals surface area (Å²) in [6.45, 7) is 6.06. The molecule has 0 aliphatic rings. The molecule has 0 heterocycles. The molecular weight excluding hydrogens is 258 g/mol. The minimum absolute atomic E-state index is 0.439. The molecule has 2 heteroatoms. The summed E-state index contributed by atoms with van der Waals surface area (Å²) in [5.74, 6) is 0.939. The quantitative estimate of drug-likeness (QED) is 0.769. The minimum Gasteiger partial charge on any atom is -0.492 e. The van der Waals surface area contributed by atoms with E-state index in [0.29, 0.717) is 6.04 Å². The molecule has 0 bridgehead atoms. The van der Waals surface area contributed by atoms with Crippen LogP contribution in [0.4, 0.5) is 0 Å². The van der Waals surface area contributed by atoms with Gasteiger partial charge in [0.2, 0.25) is 0 Å². The SMILES string of the molecule is CCCC(COc1ccc(-c2ccccc2)cc1)NCC. The predicted octanol–water partition coefficient (Wildman–Crippen LogP) is 4.51. The van der Waals surface area contributed by atoms with Gasteiger partial charge in [-0.3, -0.25) is 0 Å². The van der Waals surface area contributed by atoms with Gasteiger partial charge in [-0.2, -0.15) is 0 Å². The van der Waals surface area contributed by atoms with Crippen molar-refractivity contribution in [2.75, 3.05) is 13.2 Å². The summed E-state index contributed by atoms with van der Waals surface area (Å²) in [5, 5.41) is 3.47. The molecule has 2 aromatic carbocycles. The van der Waals surface area contributed by atoms with Gasteiger partial charge in [0.25, 0.3) is 0 Å². The fourth-order valence-electron chi connectivity index (χ4n) is 2.45. The fraction of sp³-hybridized carbons (Fsp3) is 0.368. The molecule has 0 spiro atoms. The summed E-state index contributed by atoms with van der Waals surface area (Å²) in [7, 11) is 0. The average Bonchev–Trinajstić information content (AvgIpc) is 2.54. The lowest BCUT2D eigenvalue weighted by Gasteiger charge is -2.18. The van der Waals surface area contributed by atoms with Gasteiger partial charge in [0.1, 0.15) is 12.4 Å². The minimum atomic E-state index is 0.439. The monoisotopic (exact) mass is 283 g/mol. The maximum atomic E-state index is 5.90. The Morgan fingerprint density at radius 1 is 0.905 bits per heavy atom. The Hall–Kier alpha value is -1.80. The average molecular weight is 283 g/mol. The van der Waals surface area contributed by atoms with Crippen LogP contribution in [0.5, 0.6) is 5.75 Å². The maximum absolute atomic E-state index is 5.90. The molecule has 112 valence electrons. The topological polar surface area (TPSA) is 21.3 Å². The van der Waals surface area contributed by atoms with E-state index < -0.39 is 0 Å². The second kappa shape index (κ2) is 8.48. The van der Waals surface area contributed by atoms with Crippen molar-refractivity contribution in [3.05, 3.63) is 54.6 Å². The fourth-order valence-corrected chi connectivity index (χ4v) is 2.45. The Bertz CT molecular complexity index is 501. The maximum Gasteiger partial charge on any atom is 0.119 e. The first kappa shape index (κ1) is 15.6. The first-order valence-electron chi connectivity index (χ1n) is 7.85. The van der Waals surface area contributed by atoms with Gasteiger partial charge >= 0.3 is 0 Å². The number of rotatable bonds is 8. The van der Waals surface area contributed by atoms with Crippen molar-refractivity contribution in [3.63, 3.8) is 0 Å². The highest BCUT2D eigenvalue weighted by Crippen LogP contribution is 2.22. The lowest BCUT2D eigenvalue weighted by atomic mass is 10.1. The third-order valence-corrected chi connectivity index (χ3v) is 3.54. The van der Waals surface area contributed by atoms with Crippen LogP contribution in [0.2, 0.25) is 0 Å². The molecule has 1 atom stereocenters. The molecule has 1 unspecified atom stereocenters. The van der Waals surface area contributed by atoms with Crippen molar-refractivity contribution in [3.8, 4) is 16.9 Å². The number of likely N-dealkylation sites (N-methyl/N-ethyl adjacent to an activating group) is 1. The molecule has 0 aromatic heterocycles. The van der Waals surface area contributed by atoms with E-state index in [0.717, 1.165) is 25.3 Å². The summed E-state index contributed by atoms with van der Waals surface area (Å²) >= 11 is 0. The molecule has 0 fully saturated rings. The molecule has 2 rings (SSSR count). The number of hydrogen-bond donors (Lipinski definition) is 1. The van der Waals surface area contributed by atoms with Gasteiger partial charge in [0, 0.05) is 6.04 Å². The lowest BCUT2D eigenvalue weighted by molar-refractivity contribution is 0.257. The zero-order valence-corrected chi connectivity index (χ0v) is 13.0. The second-order valence-corrected chi connectivity index (χ2v) is 5.24. The van der Waals surface area contributed by atoms with Gasteiger partial charge in [-0.1, -0.05) is 62.7 Å². The number of nitrogens with one attached hydrogen (secondary N) is 1. The van der Waals surface area contributed by atoms with Gasteiger partial charge in [-0.05, 0) is 36.2 Å². The van der Waals surface area contributed by atoms with Crippen molar-refractivity contribution in [2.45, 2.75) is 32.7 Å². The van der Waals surface area contributed by atoms with E-state index in [4.69, 9.17) is 4.74 Å². The second-order valence-electron chi connectivity index (χ2n) is 5.24. The molecule has 0 amide bonds. The van der Waals surface area contributed by atoms with E-state index in [-0.39, 0.29) is 0 Å². The van der Waals surface area contributed by atoms with Crippen molar-refractivity contribution in [2.24, 2.45) is 0 Å². The van der Waals surface area contributed by atoms with Crippen molar-refractivity contribution in [1.29, 1.82) is 0 Å². The predicted molar refractivity (Wildman–Crippen MR) is 89.7 cm³/mol. The third-order valence-electron chi connectivity index (χ3n) is 3.54. The highest BCUT2D eigenvalue weighted by molar-refractivity contribution is 5.63. The Morgan fingerprint density at radius 2 is 1.57 bits per heavy atom. The highest BCUT2D eigenvalue weighted by Gasteiger charge is 2.07. The molecule has 0 aliphatic heterocycles. The summed E-state index contributed by atoms with van der Waals surface area (Å²) in [6.07, 6.45) is 2.32. The van der Waals surface area contributed by atoms with Crippen LogP contribution in [0.25, 0.3) is 11.1 Å². The Morgan fingerprint density at radius 3 is 2.19 bits per heavy atom. The lowest BCUT2D eigenvalue weighted by Crippen LogP contribution is -2.34. The number of ether oxygens (including phenoxy) is 1.